The SMILES string of the molecule is CS(=O)(=O)c1ccccc1-c1ccc(C(F)(F)F)cc1Cl. The van der Waals surface area contributed by atoms with Gasteiger partial charge in [0.05, 0.1) is 10.5 Å². The molecule has 7 heteroatoms. The Morgan fingerprint density at radius 2 is 1.62 bits per heavy atom. The van der Waals surface area contributed by atoms with Crippen LogP contribution in [-0.2, 0) is 16.0 Å². The highest BCUT2D eigenvalue weighted by atomic mass is 35.5. The molecule has 0 radical (unpaired) electrons. The van der Waals surface area contributed by atoms with Gasteiger partial charge in [0.2, 0.25) is 0 Å². The number of alkyl halides is 3. The van der Waals surface area contributed by atoms with Crippen molar-refractivity contribution in [3.8, 4) is 11.1 Å². The van der Waals surface area contributed by atoms with Crippen LogP contribution in [0.25, 0.3) is 11.1 Å². The molecule has 0 atom stereocenters. The lowest BCUT2D eigenvalue weighted by atomic mass is 10.0. The molecule has 0 spiro atoms. The standard InChI is InChI=1S/C14H10ClF3O2S/c1-21(19,20)13-5-3-2-4-11(13)10-7-6-9(8-12(10)15)14(16,17)18/h2-8H,1H3. The highest BCUT2D eigenvalue weighted by molar-refractivity contribution is 7.90. The van der Waals surface area contributed by atoms with E-state index >= 15 is 0 Å². The summed E-state index contributed by atoms with van der Waals surface area (Å²) in [5.41, 5.74) is -0.363. The second-order valence-electron chi connectivity index (χ2n) is 4.46. The topological polar surface area (TPSA) is 34.1 Å². The Balaban J connectivity index is 2.65. The third-order valence-electron chi connectivity index (χ3n) is 2.87. The lowest BCUT2D eigenvalue weighted by molar-refractivity contribution is -0.137. The van der Waals surface area contributed by atoms with E-state index in [1.165, 1.54) is 24.3 Å². The molecule has 21 heavy (non-hydrogen) atoms. The largest absolute Gasteiger partial charge is 0.416 e. The van der Waals surface area contributed by atoms with Crippen molar-refractivity contribution in [2.24, 2.45) is 0 Å². The summed E-state index contributed by atoms with van der Waals surface area (Å²) in [5, 5.41) is -0.152. The Bertz CT molecular complexity index is 783. The van der Waals surface area contributed by atoms with Crippen LogP contribution in [0.15, 0.2) is 47.4 Å². The van der Waals surface area contributed by atoms with Crippen LogP contribution in [0.5, 0.6) is 0 Å². The fourth-order valence-corrected chi connectivity index (χ4v) is 3.11. The van der Waals surface area contributed by atoms with Gasteiger partial charge in [0, 0.05) is 22.4 Å². The van der Waals surface area contributed by atoms with Crippen LogP contribution in [0.1, 0.15) is 5.56 Å². The van der Waals surface area contributed by atoms with Gasteiger partial charge in [-0.1, -0.05) is 35.9 Å². The minimum Gasteiger partial charge on any atom is -0.224 e. The summed E-state index contributed by atoms with van der Waals surface area (Å²) in [6.45, 7) is 0. The first-order valence-electron chi connectivity index (χ1n) is 5.77. The Morgan fingerprint density at radius 3 is 2.14 bits per heavy atom. The molecule has 0 amide bonds. The van der Waals surface area contributed by atoms with Gasteiger partial charge in [0.1, 0.15) is 0 Å². The third kappa shape index (κ3) is 3.39. The maximum atomic E-state index is 12.6. The smallest absolute Gasteiger partial charge is 0.224 e. The molecule has 0 fully saturated rings. The molecule has 0 saturated heterocycles. The van der Waals surface area contributed by atoms with Gasteiger partial charge in [-0.15, -0.1) is 0 Å². The predicted molar refractivity (Wildman–Crippen MR) is 75.0 cm³/mol. The van der Waals surface area contributed by atoms with Crippen molar-refractivity contribution < 1.29 is 21.6 Å². The van der Waals surface area contributed by atoms with E-state index in [9.17, 15) is 21.6 Å². The maximum Gasteiger partial charge on any atom is 0.416 e. The van der Waals surface area contributed by atoms with Gasteiger partial charge in [0.15, 0.2) is 9.84 Å². The molecule has 2 aromatic carbocycles. The van der Waals surface area contributed by atoms with Crippen LogP contribution in [0, 0.1) is 0 Å². The van der Waals surface area contributed by atoms with Crippen molar-refractivity contribution in [3.05, 3.63) is 53.1 Å². The number of benzene rings is 2. The second kappa shape index (κ2) is 5.35. The molecule has 0 bridgehead atoms. The van der Waals surface area contributed by atoms with Crippen LogP contribution < -0.4 is 0 Å². The first-order valence-corrected chi connectivity index (χ1v) is 8.04. The highest BCUT2D eigenvalue weighted by Crippen LogP contribution is 2.37. The Labute approximate surface area is 125 Å². The zero-order valence-electron chi connectivity index (χ0n) is 10.8. The molecule has 0 saturated carbocycles. The van der Waals surface area contributed by atoms with Crippen molar-refractivity contribution in [2.75, 3.05) is 6.26 Å². The van der Waals surface area contributed by atoms with Crippen LogP contribution in [0.3, 0.4) is 0 Å². The van der Waals surface area contributed by atoms with Gasteiger partial charge in [-0.25, -0.2) is 8.42 Å². The molecule has 0 aliphatic carbocycles. The molecular formula is C14H10ClF3O2S. The fourth-order valence-electron chi connectivity index (χ4n) is 1.92. The van der Waals surface area contributed by atoms with Gasteiger partial charge >= 0.3 is 6.18 Å². The summed E-state index contributed by atoms with van der Waals surface area (Å²) in [4.78, 5) is 0.0201. The lowest BCUT2D eigenvalue weighted by Crippen LogP contribution is -2.05. The van der Waals surface area contributed by atoms with Gasteiger partial charge in [0.25, 0.3) is 0 Å². The first kappa shape index (κ1) is 15.9. The van der Waals surface area contributed by atoms with E-state index in [2.05, 4.69) is 0 Å². The van der Waals surface area contributed by atoms with E-state index in [1.54, 1.807) is 6.07 Å². The molecule has 0 aromatic heterocycles. The minimum atomic E-state index is -4.50. The van der Waals surface area contributed by atoms with Crippen molar-refractivity contribution in [2.45, 2.75) is 11.1 Å². The average Bonchev–Trinajstić information content (AvgIpc) is 2.36. The lowest BCUT2D eigenvalue weighted by Gasteiger charge is -2.12. The zero-order valence-corrected chi connectivity index (χ0v) is 12.4. The second-order valence-corrected chi connectivity index (χ2v) is 6.85. The van der Waals surface area contributed by atoms with E-state index in [0.29, 0.717) is 0 Å². The average molecular weight is 335 g/mol. The molecule has 2 aromatic rings. The highest BCUT2D eigenvalue weighted by Gasteiger charge is 2.31. The van der Waals surface area contributed by atoms with Crippen LogP contribution >= 0.6 is 11.6 Å². The summed E-state index contributed by atoms with van der Waals surface area (Å²) in [7, 11) is -3.52. The van der Waals surface area contributed by atoms with E-state index in [0.717, 1.165) is 18.4 Å². The summed E-state index contributed by atoms with van der Waals surface area (Å²) in [5.74, 6) is 0. The van der Waals surface area contributed by atoms with Gasteiger partial charge in [-0.05, 0) is 18.2 Å². The third-order valence-corrected chi connectivity index (χ3v) is 4.34. The Morgan fingerprint density at radius 1 is 1.00 bits per heavy atom. The van der Waals surface area contributed by atoms with Gasteiger partial charge in [-0.3, -0.25) is 0 Å². The number of hydrogen-bond acceptors (Lipinski definition) is 2. The van der Waals surface area contributed by atoms with E-state index in [1.807, 2.05) is 0 Å². The summed E-state index contributed by atoms with van der Waals surface area (Å²) in [6, 6.07) is 8.87. The van der Waals surface area contributed by atoms with Crippen LogP contribution in [-0.4, -0.2) is 14.7 Å². The Kier molecular flexibility index (Phi) is 4.04. The molecule has 2 nitrogen and oxygen atoms in total. The molecule has 0 aliphatic heterocycles. The molecule has 0 N–H and O–H groups in total. The normalized spacial score (nSPS) is 12.4. The molecular weight excluding hydrogens is 325 g/mol. The molecule has 0 unspecified atom stereocenters. The van der Waals surface area contributed by atoms with Gasteiger partial charge in [-0.2, -0.15) is 13.2 Å². The Hall–Kier alpha value is -1.53. The number of rotatable bonds is 2. The summed E-state index contributed by atoms with van der Waals surface area (Å²) in [6.07, 6.45) is -3.47. The number of halogens is 4. The van der Waals surface area contributed by atoms with Gasteiger partial charge < -0.3 is 0 Å². The van der Waals surface area contributed by atoms with Crippen molar-refractivity contribution in [1.29, 1.82) is 0 Å². The van der Waals surface area contributed by atoms with Crippen molar-refractivity contribution in [1.82, 2.24) is 0 Å². The van der Waals surface area contributed by atoms with E-state index in [4.69, 9.17) is 11.6 Å². The predicted octanol–water partition coefficient (Wildman–Crippen LogP) is 4.43. The summed E-state index contributed by atoms with van der Waals surface area (Å²) < 4.78 is 61.3. The van der Waals surface area contributed by atoms with E-state index in [-0.39, 0.29) is 21.0 Å². The van der Waals surface area contributed by atoms with Crippen molar-refractivity contribution >= 4 is 21.4 Å². The fraction of sp³-hybridized carbons (Fsp3) is 0.143. The van der Waals surface area contributed by atoms with E-state index < -0.39 is 21.6 Å². The summed E-state index contributed by atoms with van der Waals surface area (Å²) >= 11 is 5.90. The van der Waals surface area contributed by atoms with Crippen LogP contribution in [0.2, 0.25) is 5.02 Å². The molecule has 0 heterocycles. The number of sulfone groups is 1. The molecule has 112 valence electrons. The number of hydrogen-bond donors (Lipinski definition) is 0. The molecule has 2 rings (SSSR count). The molecule has 0 aliphatic rings. The van der Waals surface area contributed by atoms with Crippen molar-refractivity contribution in [3.63, 3.8) is 0 Å². The quantitative estimate of drug-likeness (QED) is 0.814. The maximum absolute atomic E-state index is 12.6. The zero-order chi connectivity index (χ0) is 15.8. The minimum absolute atomic E-state index is 0.0201. The van der Waals surface area contributed by atoms with Crippen LogP contribution in [0.4, 0.5) is 13.2 Å². The monoisotopic (exact) mass is 334 g/mol. The first-order chi connectivity index (χ1) is 9.60.